The summed E-state index contributed by atoms with van der Waals surface area (Å²) in [6, 6.07) is 4.06. The van der Waals surface area contributed by atoms with Gasteiger partial charge in [-0.1, -0.05) is 34.3 Å². The first kappa shape index (κ1) is 39.0. The molecule has 0 aromatic carbocycles. The molecule has 0 saturated carbocycles. The average Bonchev–Trinajstić information content (AvgIpc) is 3.03. The molecule has 0 bridgehead atoms. The molecule has 4 heterocycles. The van der Waals surface area contributed by atoms with Gasteiger partial charge in [0.05, 0.1) is 50.2 Å². The number of amides is 1. The van der Waals surface area contributed by atoms with E-state index in [1.807, 2.05) is 19.1 Å². The third-order valence-corrected chi connectivity index (χ3v) is 7.36. The van der Waals surface area contributed by atoms with Crippen molar-refractivity contribution in [3.63, 3.8) is 0 Å². The molecule has 2 fully saturated rings. The van der Waals surface area contributed by atoms with E-state index in [1.165, 1.54) is 0 Å². The smallest absolute Gasteiger partial charge is 0.250 e. The number of aromatic nitrogens is 3. The van der Waals surface area contributed by atoms with Crippen molar-refractivity contribution < 1.29 is 29.6 Å². The van der Waals surface area contributed by atoms with Crippen molar-refractivity contribution in [2.45, 2.75) is 60.4 Å². The normalized spacial score (nSPS) is 16.9. The van der Waals surface area contributed by atoms with Gasteiger partial charge in [0.15, 0.2) is 5.65 Å². The van der Waals surface area contributed by atoms with Crippen LogP contribution in [-0.4, -0.2) is 115 Å². The van der Waals surface area contributed by atoms with E-state index in [0.717, 1.165) is 49.3 Å². The van der Waals surface area contributed by atoms with Gasteiger partial charge in [-0.15, -0.1) is 0 Å². The lowest BCUT2D eigenvalue weighted by atomic mass is 10.1. The molecule has 0 aliphatic carbocycles. The topological polar surface area (TPSA) is 153 Å². The van der Waals surface area contributed by atoms with Crippen LogP contribution in [0.25, 0.3) is 16.6 Å². The molecule has 1 amide bonds. The minimum absolute atomic E-state index is 0.122. The number of hydrogen-bond donors (Lipinski definition) is 4. The molecule has 0 spiro atoms. The van der Waals surface area contributed by atoms with Gasteiger partial charge in [0.1, 0.15) is 5.82 Å². The number of aliphatic hydroxyl groups is 3. The second-order valence-electron chi connectivity index (χ2n) is 12.3. The van der Waals surface area contributed by atoms with Crippen LogP contribution >= 0.6 is 0 Å². The molecular formula is C34H56N6O6. The molecule has 2 saturated heterocycles. The Morgan fingerprint density at radius 2 is 1.61 bits per heavy atom. The Morgan fingerprint density at radius 1 is 0.978 bits per heavy atom. The van der Waals surface area contributed by atoms with Crippen LogP contribution in [0, 0.1) is 11.8 Å². The highest BCUT2D eigenvalue weighted by atomic mass is 16.5. The summed E-state index contributed by atoms with van der Waals surface area (Å²) in [6.45, 7) is 21.7. The van der Waals surface area contributed by atoms with Crippen LogP contribution in [0.15, 0.2) is 30.4 Å². The van der Waals surface area contributed by atoms with Crippen LogP contribution < -0.4 is 15.1 Å². The number of morpholine rings is 2. The maximum absolute atomic E-state index is 12.1. The van der Waals surface area contributed by atoms with E-state index in [-0.39, 0.29) is 25.1 Å². The molecule has 2 aliphatic heterocycles. The Morgan fingerprint density at radius 3 is 2.15 bits per heavy atom. The minimum Gasteiger partial charge on any atom is -0.396 e. The van der Waals surface area contributed by atoms with Gasteiger partial charge in [0.25, 0.3) is 5.91 Å². The van der Waals surface area contributed by atoms with Crippen LogP contribution in [0.5, 0.6) is 0 Å². The first-order chi connectivity index (χ1) is 22.0. The molecule has 2 aromatic heterocycles. The highest BCUT2D eigenvalue weighted by Gasteiger charge is 2.25. The van der Waals surface area contributed by atoms with Crippen LogP contribution in [0.1, 0.15) is 60.1 Å². The third-order valence-electron chi connectivity index (χ3n) is 7.36. The van der Waals surface area contributed by atoms with Crippen LogP contribution in [0.4, 0.5) is 11.8 Å². The quantitative estimate of drug-likeness (QED) is 0.211. The van der Waals surface area contributed by atoms with Crippen LogP contribution in [-0.2, 0) is 14.3 Å². The number of nitrogens with zero attached hydrogens (tertiary/aromatic N) is 5. The molecule has 0 radical (unpaired) electrons. The Hall–Kier alpha value is -3.16. The lowest BCUT2D eigenvalue weighted by Gasteiger charge is -2.34. The van der Waals surface area contributed by atoms with E-state index < -0.39 is 0 Å². The first-order valence-corrected chi connectivity index (χ1v) is 16.4. The van der Waals surface area contributed by atoms with Gasteiger partial charge in [0.2, 0.25) is 5.95 Å². The van der Waals surface area contributed by atoms with Gasteiger partial charge in [-0.2, -0.15) is 9.97 Å². The number of carbonyl (C=O) groups is 1. The molecule has 1 atom stereocenters. The zero-order valence-corrected chi connectivity index (χ0v) is 28.7. The monoisotopic (exact) mass is 644 g/mol. The maximum Gasteiger partial charge on any atom is 0.250 e. The van der Waals surface area contributed by atoms with E-state index in [9.17, 15) is 4.79 Å². The Kier molecular flexibility index (Phi) is 17.7. The van der Waals surface area contributed by atoms with Gasteiger partial charge in [-0.3, -0.25) is 4.79 Å². The summed E-state index contributed by atoms with van der Waals surface area (Å²) in [5.41, 5.74) is 2.40. The summed E-state index contributed by atoms with van der Waals surface area (Å²) >= 11 is 0. The molecular weight excluding hydrogens is 588 g/mol. The molecule has 12 nitrogen and oxygen atoms in total. The number of anilines is 2. The SMILES string of the molecule is C=C(/C=C(\C)c1ccc2c(N3CCOCC3)nc(N3CCOCC3C)nc2n1)C(=O)NCCO.CC(C)CCO.CC(C)CCO. The summed E-state index contributed by atoms with van der Waals surface area (Å²) in [7, 11) is 0. The van der Waals surface area contributed by atoms with Crippen molar-refractivity contribution in [1.82, 2.24) is 20.3 Å². The average molecular weight is 645 g/mol. The predicted octanol–water partition coefficient (Wildman–Crippen LogP) is 3.20. The van der Waals surface area contributed by atoms with E-state index >= 15 is 0 Å². The summed E-state index contributed by atoms with van der Waals surface area (Å²) < 4.78 is 11.1. The first-order valence-electron chi connectivity index (χ1n) is 16.4. The summed E-state index contributed by atoms with van der Waals surface area (Å²) in [5.74, 6) is 2.47. The van der Waals surface area contributed by atoms with Gasteiger partial charge >= 0.3 is 0 Å². The largest absolute Gasteiger partial charge is 0.396 e. The van der Waals surface area contributed by atoms with Crippen molar-refractivity contribution in [2.75, 3.05) is 82.2 Å². The van der Waals surface area contributed by atoms with Crippen molar-refractivity contribution >= 4 is 34.3 Å². The number of allylic oxidation sites excluding steroid dienone is 1. The Bertz CT molecular complexity index is 1240. The van der Waals surface area contributed by atoms with Crippen molar-refractivity contribution in [2.24, 2.45) is 11.8 Å². The van der Waals surface area contributed by atoms with Crippen molar-refractivity contribution in [3.8, 4) is 0 Å². The molecule has 1 unspecified atom stereocenters. The molecule has 2 aliphatic rings. The second-order valence-corrected chi connectivity index (χ2v) is 12.3. The van der Waals surface area contributed by atoms with Gasteiger partial charge in [-0.25, -0.2) is 4.98 Å². The fourth-order valence-corrected chi connectivity index (χ4v) is 4.57. The standard InChI is InChI=1S/C24H32N6O4.2C5H12O/c1-16(14-17(2)23(32)25-6-10-31)20-5-4-19-21(26-20)27-24(30-9-13-34-15-18(30)3)28-22(19)29-7-11-33-12-8-29;2*1-5(2)3-4-6/h4-5,14,18,31H,2,6-13,15H2,1,3H3,(H,25,32);2*5-6H,3-4H2,1-2H3/b16-14+;;. The molecule has 4 rings (SSSR count). The predicted molar refractivity (Wildman–Crippen MR) is 184 cm³/mol. The fraction of sp³-hybridized carbons (Fsp3) is 0.647. The highest BCUT2D eigenvalue weighted by molar-refractivity contribution is 5.97. The summed E-state index contributed by atoms with van der Waals surface area (Å²) in [4.78, 5) is 31.1. The van der Waals surface area contributed by atoms with E-state index in [2.05, 4.69) is 56.3 Å². The second kappa shape index (κ2) is 20.9. The lowest BCUT2D eigenvalue weighted by molar-refractivity contribution is -0.117. The zero-order chi connectivity index (χ0) is 34.1. The zero-order valence-electron chi connectivity index (χ0n) is 28.7. The summed E-state index contributed by atoms with van der Waals surface area (Å²) in [5, 5.41) is 28.9. The minimum atomic E-state index is -0.324. The number of aliphatic hydroxyl groups excluding tert-OH is 3. The number of rotatable bonds is 11. The number of nitrogens with one attached hydrogen (secondary N) is 1. The number of hydrogen-bond acceptors (Lipinski definition) is 11. The van der Waals surface area contributed by atoms with E-state index in [4.69, 9.17) is 39.7 Å². The Labute approximate surface area is 274 Å². The molecule has 2 aromatic rings. The third kappa shape index (κ3) is 12.9. The van der Waals surface area contributed by atoms with Crippen LogP contribution in [0.3, 0.4) is 0 Å². The fourth-order valence-electron chi connectivity index (χ4n) is 4.57. The highest BCUT2D eigenvalue weighted by Crippen LogP contribution is 2.29. The molecule has 12 heteroatoms. The number of pyridine rings is 1. The maximum atomic E-state index is 12.1. The van der Waals surface area contributed by atoms with Gasteiger partial charge < -0.3 is 39.9 Å². The van der Waals surface area contributed by atoms with Crippen LogP contribution in [0.2, 0.25) is 0 Å². The van der Waals surface area contributed by atoms with E-state index in [1.54, 1.807) is 6.08 Å². The Balaban J connectivity index is 0.000000522. The van der Waals surface area contributed by atoms with Gasteiger partial charge in [0, 0.05) is 45.0 Å². The summed E-state index contributed by atoms with van der Waals surface area (Å²) in [6.07, 6.45) is 3.55. The molecule has 4 N–H and O–H groups in total. The lowest BCUT2D eigenvalue weighted by Crippen LogP contribution is -2.45. The van der Waals surface area contributed by atoms with Gasteiger partial charge in [-0.05, 0) is 62.3 Å². The molecule has 46 heavy (non-hydrogen) atoms. The number of fused-ring (bicyclic) bond motifs is 1. The van der Waals surface area contributed by atoms with Crippen molar-refractivity contribution in [1.29, 1.82) is 0 Å². The van der Waals surface area contributed by atoms with Crippen molar-refractivity contribution in [3.05, 3.63) is 36.1 Å². The number of carbonyl (C=O) groups excluding carboxylic acids is 1. The molecule has 258 valence electrons. The number of ether oxygens (including phenoxy) is 2. The van der Waals surface area contributed by atoms with E-state index in [0.29, 0.717) is 74.3 Å².